The predicted molar refractivity (Wildman–Crippen MR) is 113 cm³/mol. The van der Waals surface area contributed by atoms with Crippen molar-refractivity contribution in [3.63, 3.8) is 0 Å². The highest BCUT2D eigenvalue weighted by molar-refractivity contribution is 6.06. The third-order valence-electron chi connectivity index (χ3n) is 5.49. The molecule has 2 aromatic carbocycles. The predicted octanol–water partition coefficient (Wildman–Crippen LogP) is 4.97. The van der Waals surface area contributed by atoms with Crippen molar-refractivity contribution in [1.82, 2.24) is 4.98 Å². The lowest BCUT2D eigenvalue weighted by Gasteiger charge is -2.18. The molecule has 1 unspecified atom stereocenters. The molecule has 1 aliphatic carbocycles. The first-order valence-electron chi connectivity index (χ1n) is 10.3. The maximum atomic E-state index is 13.8. The number of benzene rings is 2. The molecule has 1 N–H and O–H groups in total. The molecule has 1 aromatic heterocycles. The van der Waals surface area contributed by atoms with Crippen LogP contribution in [0.3, 0.4) is 0 Å². The van der Waals surface area contributed by atoms with E-state index in [0.717, 1.165) is 49.1 Å². The van der Waals surface area contributed by atoms with Crippen LogP contribution in [0.5, 0.6) is 0 Å². The standard InChI is InChI=1S/C24H22F2N2O3/c1-14(23(29)28-22-17(25)10-7-11-18(22)26)31-24(30)21-15-8-3-2-4-12-19(15)27-20-13-6-5-9-16(20)21/h5-7,9-11,13-14H,2-4,8,12H2,1H3,(H,28,29). The van der Waals surface area contributed by atoms with Crippen LogP contribution in [0.1, 0.15) is 47.8 Å². The third kappa shape index (κ3) is 4.26. The van der Waals surface area contributed by atoms with Gasteiger partial charge in [-0.3, -0.25) is 9.78 Å². The summed E-state index contributed by atoms with van der Waals surface area (Å²) in [5, 5.41) is 2.83. The van der Waals surface area contributed by atoms with E-state index in [2.05, 4.69) is 5.32 Å². The first-order chi connectivity index (χ1) is 15.0. The lowest BCUT2D eigenvalue weighted by Crippen LogP contribution is -2.31. The Morgan fingerprint density at radius 3 is 2.48 bits per heavy atom. The van der Waals surface area contributed by atoms with Gasteiger partial charge in [-0.25, -0.2) is 13.6 Å². The molecule has 1 aliphatic rings. The summed E-state index contributed by atoms with van der Waals surface area (Å²) in [4.78, 5) is 30.4. The van der Waals surface area contributed by atoms with Crippen LogP contribution in [0, 0.1) is 11.6 Å². The fraction of sp³-hybridized carbons (Fsp3) is 0.292. The number of pyridine rings is 1. The van der Waals surface area contributed by atoms with Gasteiger partial charge in [0.25, 0.3) is 5.91 Å². The largest absolute Gasteiger partial charge is 0.449 e. The second kappa shape index (κ2) is 8.79. The van der Waals surface area contributed by atoms with Crippen molar-refractivity contribution in [3.8, 4) is 0 Å². The molecule has 0 radical (unpaired) electrons. The van der Waals surface area contributed by atoms with Gasteiger partial charge in [0, 0.05) is 11.1 Å². The molecule has 0 aliphatic heterocycles. The van der Waals surface area contributed by atoms with Crippen LogP contribution >= 0.6 is 0 Å². The first kappa shape index (κ1) is 20.9. The van der Waals surface area contributed by atoms with Crippen LogP contribution in [0.4, 0.5) is 14.5 Å². The van der Waals surface area contributed by atoms with Crippen LogP contribution in [0.15, 0.2) is 42.5 Å². The number of hydrogen-bond acceptors (Lipinski definition) is 4. The Morgan fingerprint density at radius 2 is 1.71 bits per heavy atom. The number of nitrogens with zero attached hydrogens (tertiary/aromatic N) is 1. The van der Waals surface area contributed by atoms with E-state index in [0.29, 0.717) is 22.9 Å². The number of rotatable bonds is 4. The summed E-state index contributed by atoms with van der Waals surface area (Å²) in [6.45, 7) is 1.37. The van der Waals surface area contributed by atoms with Crippen molar-refractivity contribution in [2.75, 3.05) is 5.32 Å². The van der Waals surface area contributed by atoms with Crippen molar-refractivity contribution in [2.45, 2.75) is 45.1 Å². The zero-order chi connectivity index (χ0) is 22.0. The van der Waals surface area contributed by atoms with E-state index in [-0.39, 0.29) is 0 Å². The number of aromatic nitrogens is 1. The van der Waals surface area contributed by atoms with Gasteiger partial charge in [-0.2, -0.15) is 0 Å². The minimum Gasteiger partial charge on any atom is -0.449 e. The molecule has 5 nitrogen and oxygen atoms in total. The number of para-hydroxylation sites is 2. The molecule has 7 heteroatoms. The number of nitrogens with one attached hydrogen (secondary N) is 1. The molecule has 1 amide bonds. The maximum Gasteiger partial charge on any atom is 0.339 e. The van der Waals surface area contributed by atoms with Crippen LogP contribution < -0.4 is 5.32 Å². The molecular formula is C24H22F2N2O3. The molecular weight excluding hydrogens is 402 g/mol. The quantitative estimate of drug-likeness (QED) is 0.475. The molecule has 31 heavy (non-hydrogen) atoms. The molecule has 0 saturated heterocycles. The Balaban J connectivity index is 1.62. The maximum absolute atomic E-state index is 13.8. The zero-order valence-corrected chi connectivity index (χ0v) is 17.1. The second-order valence-electron chi connectivity index (χ2n) is 7.62. The van der Waals surface area contributed by atoms with Gasteiger partial charge in [0.15, 0.2) is 6.10 Å². The van der Waals surface area contributed by atoms with E-state index >= 15 is 0 Å². The monoisotopic (exact) mass is 424 g/mol. The van der Waals surface area contributed by atoms with Crippen molar-refractivity contribution in [1.29, 1.82) is 0 Å². The minimum atomic E-state index is -1.25. The van der Waals surface area contributed by atoms with E-state index in [1.54, 1.807) is 0 Å². The van der Waals surface area contributed by atoms with E-state index in [9.17, 15) is 18.4 Å². The van der Waals surface area contributed by atoms with Crippen LogP contribution in [-0.2, 0) is 22.4 Å². The Morgan fingerprint density at radius 1 is 1.00 bits per heavy atom. The summed E-state index contributed by atoms with van der Waals surface area (Å²) in [7, 11) is 0. The second-order valence-corrected chi connectivity index (χ2v) is 7.62. The number of halogens is 2. The lowest BCUT2D eigenvalue weighted by atomic mass is 9.97. The summed E-state index contributed by atoms with van der Waals surface area (Å²) < 4.78 is 33.1. The van der Waals surface area contributed by atoms with Crippen LogP contribution in [0.2, 0.25) is 0 Å². The number of aryl methyl sites for hydroxylation is 1. The lowest BCUT2D eigenvalue weighted by molar-refractivity contribution is -0.123. The van der Waals surface area contributed by atoms with Gasteiger partial charge in [0.1, 0.15) is 17.3 Å². The fourth-order valence-corrected chi connectivity index (χ4v) is 3.90. The fourth-order valence-electron chi connectivity index (χ4n) is 3.90. The Bertz CT molecular complexity index is 1140. The SMILES string of the molecule is CC(OC(=O)c1c2c(nc3ccccc13)CCCCC2)C(=O)Nc1c(F)cccc1F. The molecule has 0 fully saturated rings. The van der Waals surface area contributed by atoms with Crippen LogP contribution in [-0.4, -0.2) is 23.0 Å². The van der Waals surface area contributed by atoms with Gasteiger partial charge in [0.05, 0.1) is 11.1 Å². The number of fused-ring (bicyclic) bond motifs is 2. The topological polar surface area (TPSA) is 68.3 Å². The number of hydrogen-bond donors (Lipinski definition) is 1. The van der Waals surface area contributed by atoms with Gasteiger partial charge in [0.2, 0.25) is 0 Å². The Labute approximate surface area is 178 Å². The summed E-state index contributed by atoms with van der Waals surface area (Å²) in [5.41, 5.74) is 2.28. The summed E-state index contributed by atoms with van der Waals surface area (Å²) in [5.74, 6) is -3.27. The molecule has 1 heterocycles. The number of carbonyl (C=O) groups is 2. The number of anilines is 1. The van der Waals surface area contributed by atoms with Crippen LogP contribution in [0.25, 0.3) is 10.9 Å². The van der Waals surface area contributed by atoms with Crippen molar-refractivity contribution < 1.29 is 23.1 Å². The van der Waals surface area contributed by atoms with Crippen molar-refractivity contribution in [3.05, 3.63) is 70.9 Å². The highest BCUT2D eigenvalue weighted by Crippen LogP contribution is 2.29. The molecule has 0 saturated carbocycles. The summed E-state index contributed by atoms with van der Waals surface area (Å²) in [6, 6.07) is 10.6. The number of amides is 1. The third-order valence-corrected chi connectivity index (χ3v) is 5.49. The number of esters is 1. The summed E-state index contributed by atoms with van der Waals surface area (Å²) in [6.07, 6.45) is 3.23. The highest BCUT2D eigenvalue weighted by atomic mass is 19.1. The molecule has 1 atom stereocenters. The van der Waals surface area contributed by atoms with E-state index < -0.39 is 35.3 Å². The zero-order valence-electron chi connectivity index (χ0n) is 17.1. The van der Waals surface area contributed by atoms with Gasteiger partial charge in [-0.1, -0.05) is 30.7 Å². The molecule has 4 rings (SSSR count). The van der Waals surface area contributed by atoms with Crippen molar-refractivity contribution >= 4 is 28.5 Å². The molecule has 160 valence electrons. The van der Waals surface area contributed by atoms with Gasteiger partial charge in [-0.05, 0) is 56.4 Å². The smallest absolute Gasteiger partial charge is 0.339 e. The Hall–Kier alpha value is -3.35. The molecule has 0 spiro atoms. The highest BCUT2D eigenvalue weighted by Gasteiger charge is 2.26. The van der Waals surface area contributed by atoms with Gasteiger partial charge >= 0.3 is 5.97 Å². The Kier molecular flexibility index (Phi) is 5.93. The van der Waals surface area contributed by atoms with Crippen molar-refractivity contribution in [2.24, 2.45) is 0 Å². The minimum absolute atomic E-state index is 0.416. The average Bonchev–Trinajstić information content (AvgIpc) is 2.99. The van der Waals surface area contributed by atoms with E-state index in [1.807, 2.05) is 24.3 Å². The van der Waals surface area contributed by atoms with E-state index in [1.165, 1.54) is 13.0 Å². The van der Waals surface area contributed by atoms with Gasteiger partial charge < -0.3 is 10.1 Å². The number of carbonyl (C=O) groups excluding carboxylic acids is 2. The first-order valence-corrected chi connectivity index (χ1v) is 10.3. The van der Waals surface area contributed by atoms with E-state index in [4.69, 9.17) is 9.72 Å². The number of ether oxygens (including phenoxy) is 1. The molecule has 3 aromatic rings. The normalized spacial score (nSPS) is 14.4. The summed E-state index contributed by atoms with van der Waals surface area (Å²) >= 11 is 0. The average molecular weight is 424 g/mol. The van der Waals surface area contributed by atoms with Gasteiger partial charge in [-0.15, -0.1) is 0 Å². The molecule has 0 bridgehead atoms.